The average Bonchev–Trinajstić information content (AvgIpc) is 3.01. The molecule has 0 saturated carbocycles. The SMILES string of the molecule is COCCNC(=O)c1cc(Br)c[n+](CC(=O)c2cccs2)c1.[Cl-]. The Hall–Kier alpha value is -1.28. The Morgan fingerprint density at radius 2 is 2.17 bits per heavy atom. The second-order valence-corrected chi connectivity index (χ2v) is 6.43. The summed E-state index contributed by atoms with van der Waals surface area (Å²) in [6.07, 6.45) is 3.44. The van der Waals surface area contributed by atoms with Gasteiger partial charge in [-0.1, -0.05) is 6.07 Å². The lowest BCUT2D eigenvalue weighted by molar-refractivity contribution is -0.683. The molecular weight excluding hydrogens is 404 g/mol. The summed E-state index contributed by atoms with van der Waals surface area (Å²) >= 11 is 4.78. The van der Waals surface area contributed by atoms with Gasteiger partial charge in [0.1, 0.15) is 5.56 Å². The number of Topliss-reactive ketones (excluding diaryl/α,β-unsaturated/α-hetero) is 1. The van der Waals surface area contributed by atoms with Gasteiger partial charge in [0, 0.05) is 13.7 Å². The summed E-state index contributed by atoms with van der Waals surface area (Å²) in [7, 11) is 1.58. The van der Waals surface area contributed by atoms with Gasteiger partial charge in [0.25, 0.3) is 5.91 Å². The Morgan fingerprint density at radius 3 is 2.83 bits per heavy atom. The normalized spacial score (nSPS) is 10.0. The minimum Gasteiger partial charge on any atom is -1.00 e. The van der Waals surface area contributed by atoms with E-state index in [9.17, 15) is 9.59 Å². The Morgan fingerprint density at radius 1 is 1.39 bits per heavy atom. The van der Waals surface area contributed by atoms with E-state index >= 15 is 0 Å². The fourth-order valence-electron chi connectivity index (χ4n) is 1.86. The number of hydrogen-bond donors (Lipinski definition) is 1. The molecule has 2 rings (SSSR count). The van der Waals surface area contributed by atoms with Crippen molar-refractivity contribution in [3.8, 4) is 0 Å². The van der Waals surface area contributed by atoms with Crippen LogP contribution in [0, 0.1) is 0 Å². The van der Waals surface area contributed by atoms with Crippen molar-refractivity contribution in [3.63, 3.8) is 0 Å². The van der Waals surface area contributed by atoms with Crippen LogP contribution in [0.15, 0.2) is 40.4 Å². The number of pyridine rings is 1. The van der Waals surface area contributed by atoms with Crippen LogP contribution in [0.5, 0.6) is 0 Å². The summed E-state index contributed by atoms with van der Waals surface area (Å²) in [6.45, 7) is 1.09. The smallest absolute Gasteiger partial charge is 0.257 e. The molecule has 2 aromatic heterocycles. The molecule has 8 heteroatoms. The molecule has 1 amide bonds. The van der Waals surface area contributed by atoms with Crippen molar-refractivity contribution in [2.45, 2.75) is 6.54 Å². The van der Waals surface area contributed by atoms with E-state index in [1.54, 1.807) is 36.2 Å². The predicted octanol–water partition coefficient (Wildman–Crippen LogP) is -0.939. The first kappa shape index (κ1) is 19.8. The molecule has 0 aliphatic heterocycles. The maximum atomic E-state index is 12.1. The van der Waals surface area contributed by atoms with Gasteiger partial charge in [-0.2, -0.15) is 4.57 Å². The van der Waals surface area contributed by atoms with Crippen molar-refractivity contribution in [3.05, 3.63) is 50.9 Å². The first-order valence-corrected chi connectivity index (χ1v) is 8.31. The van der Waals surface area contributed by atoms with Crippen LogP contribution in [-0.2, 0) is 11.3 Å². The van der Waals surface area contributed by atoms with Gasteiger partial charge in [-0.15, -0.1) is 11.3 Å². The molecule has 5 nitrogen and oxygen atoms in total. The molecule has 2 aromatic rings. The summed E-state index contributed by atoms with van der Waals surface area (Å²) in [4.78, 5) is 24.9. The lowest BCUT2D eigenvalue weighted by Gasteiger charge is -2.04. The Balaban J connectivity index is 0.00000264. The minimum atomic E-state index is -0.198. The zero-order valence-electron chi connectivity index (χ0n) is 12.4. The molecule has 23 heavy (non-hydrogen) atoms. The fraction of sp³-hybridized carbons (Fsp3) is 0.267. The van der Waals surface area contributed by atoms with Crippen LogP contribution < -0.4 is 22.3 Å². The largest absolute Gasteiger partial charge is 1.00 e. The first-order chi connectivity index (χ1) is 10.6. The van der Waals surface area contributed by atoms with Gasteiger partial charge in [-0.3, -0.25) is 9.59 Å². The number of ketones is 1. The van der Waals surface area contributed by atoms with Crippen LogP contribution in [0.4, 0.5) is 0 Å². The van der Waals surface area contributed by atoms with Crippen molar-refractivity contribution in [1.29, 1.82) is 0 Å². The molecular formula is C15H16BrClN2O3S. The van der Waals surface area contributed by atoms with Gasteiger partial charge in [-0.25, -0.2) is 0 Å². The molecule has 0 bridgehead atoms. The van der Waals surface area contributed by atoms with Gasteiger partial charge >= 0.3 is 0 Å². The molecule has 124 valence electrons. The Kier molecular flexibility index (Phi) is 8.40. The summed E-state index contributed by atoms with van der Waals surface area (Å²) < 4.78 is 7.34. The number of carbonyl (C=O) groups excluding carboxylic acids is 2. The number of amides is 1. The van der Waals surface area contributed by atoms with E-state index in [1.807, 2.05) is 11.4 Å². The molecule has 0 aliphatic rings. The van der Waals surface area contributed by atoms with Gasteiger partial charge in [-0.05, 0) is 33.4 Å². The number of rotatable bonds is 7. The van der Waals surface area contributed by atoms with Crippen LogP contribution in [0.1, 0.15) is 20.0 Å². The summed E-state index contributed by atoms with van der Waals surface area (Å²) in [5, 5.41) is 4.62. The van der Waals surface area contributed by atoms with E-state index in [1.165, 1.54) is 11.3 Å². The minimum absolute atomic E-state index is 0. The molecule has 0 fully saturated rings. The van der Waals surface area contributed by atoms with Gasteiger partial charge in [0.05, 0.1) is 16.0 Å². The van der Waals surface area contributed by atoms with Crippen LogP contribution in [-0.4, -0.2) is 32.0 Å². The highest BCUT2D eigenvalue weighted by Gasteiger charge is 2.17. The molecule has 0 radical (unpaired) electrons. The first-order valence-electron chi connectivity index (χ1n) is 6.63. The van der Waals surface area contributed by atoms with Crippen LogP contribution in [0.2, 0.25) is 0 Å². The maximum absolute atomic E-state index is 12.1. The van der Waals surface area contributed by atoms with E-state index < -0.39 is 0 Å². The van der Waals surface area contributed by atoms with Crippen LogP contribution in [0.25, 0.3) is 0 Å². The highest BCUT2D eigenvalue weighted by molar-refractivity contribution is 9.10. The quantitative estimate of drug-likeness (QED) is 0.358. The number of nitrogens with zero attached hydrogens (tertiary/aromatic N) is 1. The number of hydrogen-bond acceptors (Lipinski definition) is 4. The van der Waals surface area contributed by atoms with Gasteiger partial charge in [0.15, 0.2) is 12.4 Å². The number of carbonyl (C=O) groups is 2. The third kappa shape index (κ3) is 6.02. The number of aromatic nitrogens is 1. The van der Waals surface area contributed by atoms with Gasteiger partial charge in [0.2, 0.25) is 12.3 Å². The number of methoxy groups -OCH3 is 1. The summed E-state index contributed by atoms with van der Waals surface area (Å²) in [5.41, 5.74) is 0.490. The highest BCUT2D eigenvalue weighted by Crippen LogP contribution is 2.11. The number of ether oxygens (including phenoxy) is 1. The zero-order chi connectivity index (χ0) is 15.9. The molecule has 0 aromatic carbocycles. The van der Waals surface area contributed by atoms with Crippen LogP contribution >= 0.6 is 27.3 Å². The van der Waals surface area contributed by atoms with Crippen molar-refractivity contribution < 1.29 is 31.3 Å². The summed E-state index contributed by atoms with van der Waals surface area (Å²) in [5.74, 6) is -0.181. The molecule has 2 heterocycles. The topological polar surface area (TPSA) is 59.3 Å². The third-order valence-electron chi connectivity index (χ3n) is 2.86. The lowest BCUT2D eigenvalue weighted by atomic mass is 10.2. The molecule has 1 N–H and O–H groups in total. The van der Waals surface area contributed by atoms with Crippen molar-refractivity contribution >= 4 is 39.0 Å². The van der Waals surface area contributed by atoms with Gasteiger partial charge < -0.3 is 22.5 Å². The van der Waals surface area contributed by atoms with E-state index in [4.69, 9.17) is 4.74 Å². The molecule has 0 saturated heterocycles. The van der Waals surface area contributed by atoms with Crippen molar-refractivity contribution in [2.24, 2.45) is 0 Å². The molecule has 0 atom stereocenters. The fourth-order valence-corrected chi connectivity index (χ4v) is 3.03. The zero-order valence-corrected chi connectivity index (χ0v) is 15.6. The third-order valence-corrected chi connectivity index (χ3v) is 4.21. The second kappa shape index (κ2) is 9.77. The number of halogens is 2. The molecule has 0 aliphatic carbocycles. The monoisotopic (exact) mass is 418 g/mol. The maximum Gasteiger partial charge on any atom is 0.257 e. The molecule has 0 unspecified atom stereocenters. The predicted molar refractivity (Wildman–Crippen MR) is 87.2 cm³/mol. The average molecular weight is 420 g/mol. The summed E-state index contributed by atoms with van der Waals surface area (Å²) in [6, 6.07) is 5.36. The van der Waals surface area contributed by atoms with E-state index in [2.05, 4.69) is 21.2 Å². The van der Waals surface area contributed by atoms with E-state index in [-0.39, 0.29) is 30.6 Å². The van der Waals surface area contributed by atoms with Crippen molar-refractivity contribution in [2.75, 3.05) is 20.3 Å². The lowest BCUT2D eigenvalue weighted by Crippen LogP contribution is -3.00. The van der Waals surface area contributed by atoms with E-state index in [0.717, 1.165) is 4.47 Å². The van der Waals surface area contributed by atoms with Crippen molar-refractivity contribution in [1.82, 2.24) is 5.32 Å². The second-order valence-electron chi connectivity index (χ2n) is 4.56. The number of thiophene rings is 1. The molecule has 0 spiro atoms. The van der Waals surface area contributed by atoms with E-state index in [0.29, 0.717) is 23.6 Å². The van der Waals surface area contributed by atoms with Crippen LogP contribution in [0.3, 0.4) is 0 Å². The standard InChI is InChI=1S/C15H15BrN2O3S.ClH/c1-21-5-4-17-15(20)11-7-12(16)9-18(8-11)10-13(19)14-3-2-6-22-14;/h2-3,6-9H,4-5,10H2,1H3;1H. The Bertz CT molecular complexity index is 665. The Labute approximate surface area is 153 Å². The highest BCUT2D eigenvalue weighted by atomic mass is 79.9. The number of nitrogens with one attached hydrogen (secondary N) is 1.